The van der Waals surface area contributed by atoms with Gasteiger partial charge in [-0.2, -0.15) is 0 Å². The second-order valence-electron chi connectivity index (χ2n) is 3.04. The van der Waals surface area contributed by atoms with Gasteiger partial charge >= 0.3 is 5.97 Å². The van der Waals surface area contributed by atoms with E-state index in [9.17, 15) is 4.79 Å². The van der Waals surface area contributed by atoms with Crippen LogP contribution in [0.3, 0.4) is 0 Å². The number of carbonyl (C=O) groups is 1. The third-order valence-electron chi connectivity index (χ3n) is 2.12. The molecule has 0 unspecified atom stereocenters. The lowest BCUT2D eigenvalue weighted by atomic mass is 10.1. The molecule has 0 aliphatic heterocycles. The van der Waals surface area contributed by atoms with Gasteiger partial charge in [-0.3, -0.25) is 0 Å². The van der Waals surface area contributed by atoms with Crippen molar-refractivity contribution < 1.29 is 14.3 Å². The van der Waals surface area contributed by atoms with E-state index in [1.54, 1.807) is 19.1 Å². The van der Waals surface area contributed by atoms with Gasteiger partial charge in [0, 0.05) is 15.8 Å². The quantitative estimate of drug-likeness (QED) is 0.708. The Kier molecular flexibility index (Phi) is 2.00. The van der Waals surface area contributed by atoms with Crippen LogP contribution < -0.4 is 0 Å². The zero-order valence-corrected chi connectivity index (χ0v) is 8.34. The Labute approximate surface area is 85.7 Å². The van der Waals surface area contributed by atoms with Gasteiger partial charge in [0.2, 0.25) is 5.76 Å². The first-order valence-corrected chi connectivity index (χ1v) is 4.49. The van der Waals surface area contributed by atoms with Crippen molar-refractivity contribution in [2.24, 2.45) is 0 Å². The van der Waals surface area contributed by atoms with Crippen molar-refractivity contribution in [2.75, 3.05) is 0 Å². The topological polar surface area (TPSA) is 50.4 Å². The molecule has 0 atom stereocenters. The Morgan fingerprint density at radius 2 is 2.21 bits per heavy atom. The fraction of sp³-hybridized carbons (Fsp3) is 0.100. The lowest BCUT2D eigenvalue weighted by molar-refractivity contribution is 0.0664. The van der Waals surface area contributed by atoms with Gasteiger partial charge in [-0.05, 0) is 25.1 Å². The average molecular weight is 208 g/mol. The van der Waals surface area contributed by atoms with E-state index in [2.05, 4.69) is 12.6 Å². The lowest BCUT2D eigenvalue weighted by Gasteiger charge is -1.90. The molecule has 1 N–H and O–H groups in total. The molecule has 0 aliphatic rings. The number of rotatable bonds is 1. The summed E-state index contributed by atoms with van der Waals surface area (Å²) >= 11 is 4.15. The maximum atomic E-state index is 10.8. The summed E-state index contributed by atoms with van der Waals surface area (Å²) in [6.45, 7) is 1.73. The van der Waals surface area contributed by atoms with E-state index in [1.165, 1.54) is 0 Å². The summed E-state index contributed by atoms with van der Waals surface area (Å²) < 4.78 is 5.19. The third kappa shape index (κ3) is 1.28. The van der Waals surface area contributed by atoms with Crippen LogP contribution in [0.2, 0.25) is 0 Å². The number of benzene rings is 1. The minimum atomic E-state index is -1.04. The lowest BCUT2D eigenvalue weighted by Crippen LogP contribution is -1.94. The highest BCUT2D eigenvalue weighted by Crippen LogP contribution is 2.26. The number of hydrogen-bond acceptors (Lipinski definition) is 3. The summed E-state index contributed by atoms with van der Waals surface area (Å²) in [5.41, 5.74) is 1.22. The van der Waals surface area contributed by atoms with Crippen molar-refractivity contribution in [3.05, 3.63) is 29.5 Å². The summed E-state index contributed by atoms with van der Waals surface area (Å²) in [4.78, 5) is 11.5. The number of furan rings is 1. The first kappa shape index (κ1) is 9.15. The first-order valence-electron chi connectivity index (χ1n) is 4.05. The molecule has 4 heteroatoms. The largest absolute Gasteiger partial charge is 0.475 e. The van der Waals surface area contributed by atoms with Crippen LogP contribution in [-0.2, 0) is 0 Å². The fourth-order valence-corrected chi connectivity index (χ4v) is 1.61. The third-order valence-corrected chi connectivity index (χ3v) is 2.39. The minimum absolute atomic E-state index is 0.000988. The van der Waals surface area contributed by atoms with Crippen LogP contribution in [0.5, 0.6) is 0 Å². The van der Waals surface area contributed by atoms with Crippen molar-refractivity contribution >= 4 is 29.6 Å². The molecule has 1 aromatic heterocycles. The van der Waals surface area contributed by atoms with Crippen LogP contribution in [0.4, 0.5) is 0 Å². The minimum Gasteiger partial charge on any atom is -0.475 e. The monoisotopic (exact) mass is 208 g/mol. The molecule has 3 nitrogen and oxygen atoms in total. The van der Waals surface area contributed by atoms with E-state index in [-0.39, 0.29) is 5.76 Å². The molecular weight excluding hydrogens is 200 g/mol. The molecular formula is C10H8O3S. The van der Waals surface area contributed by atoms with Gasteiger partial charge in [0.25, 0.3) is 0 Å². The van der Waals surface area contributed by atoms with E-state index in [4.69, 9.17) is 9.52 Å². The molecule has 0 spiro atoms. The molecule has 0 bridgehead atoms. The van der Waals surface area contributed by atoms with Crippen molar-refractivity contribution in [2.45, 2.75) is 11.8 Å². The predicted molar refractivity (Wildman–Crippen MR) is 55.2 cm³/mol. The second-order valence-corrected chi connectivity index (χ2v) is 3.56. The Hall–Kier alpha value is -1.42. The summed E-state index contributed by atoms with van der Waals surface area (Å²) in [5, 5.41) is 9.64. The van der Waals surface area contributed by atoms with Crippen LogP contribution in [0.25, 0.3) is 11.0 Å². The molecule has 0 amide bonds. The number of aromatic carboxylic acids is 1. The van der Waals surface area contributed by atoms with Crippen LogP contribution in [0.1, 0.15) is 16.1 Å². The smallest absolute Gasteiger partial charge is 0.372 e. The van der Waals surface area contributed by atoms with Gasteiger partial charge in [0.1, 0.15) is 5.58 Å². The number of hydrogen-bond donors (Lipinski definition) is 2. The van der Waals surface area contributed by atoms with E-state index < -0.39 is 5.97 Å². The Morgan fingerprint density at radius 3 is 2.86 bits per heavy atom. The summed E-state index contributed by atoms with van der Waals surface area (Å²) in [5.74, 6) is -1.04. The van der Waals surface area contributed by atoms with Gasteiger partial charge < -0.3 is 9.52 Å². The molecule has 1 aromatic carbocycles. The maximum Gasteiger partial charge on any atom is 0.372 e. The van der Waals surface area contributed by atoms with Crippen LogP contribution in [0, 0.1) is 6.92 Å². The normalized spacial score (nSPS) is 10.7. The zero-order valence-electron chi connectivity index (χ0n) is 7.44. The Balaban J connectivity index is 2.79. The van der Waals surface area contributed by atoms with Gasteiger partial charge in [-0.15, -0.1) is 12.6 Å². The number of carboxylic acid groups (broad SMARTS) is 1. The van der Waals surface area contributed by atoms with E-state index in [1.807, 2.05) is 6.07 Å². The maximum absolute atomic E-state index is 10.8. The molecule has 72 valence electrons. The number of fused-ring (bicyclic) bond motifs is 1. The highest BCUT2D eigenvalue weighted by atomic mass is 32.1. The van der Waals surface area contributed by atoms with Crippen LogP contribution >= 0.6 is 12.6 Å². The average Bonchev–Trinajstić information content (AvgIpc) is 2.43. The second kappa shape index (κ2) is 3.06. The highest BCUT2D eigenvalue weighted by molar-refractivity contribution is 7.80. The zero-order chi connectivity index (χ0) is 10.3. The summed E-state index contributed by atoms with van der Waals surface area (Å²) in [6, 6.07) is 5.32. The fourth-order valence-electron chi connectivity index (χ4n) is 1.42. The molecule has 0 saturated heterocycles. The molecule has 0 aliphatic carbocycles. The summed E-state index contributed by atoms with van der Waals surface area (Å²) in [6.07, 6.45) is 0. The molecule has 2 aromatic rings. The van der Waals surface area contributed by atoms with Crippen molar-refractivity contribution in [3.8, 4) is 0 Å². The predicted octanol–water partition coefficient (Wildman–Crippen LogP) is 2.73. The summed E-state index contributed by atoms with van der Waals surface area (Å²) in [7, 11) is 0. The Morgan fingerprint density at radius 1 is 1.50 bits per heavy atom. The Bertz CT molecular complexity index is 513. The van der Waals surface area contributed by atoms with E-state index >= 15 is 0 Å². The van der Waals surface area contributed by atoms with Gasteiger partial charge in [0.05, 0.1) is 0 Å². The van der Waals surface area contributed by atoms with Crippen molar-refractivity contribution in [3.63, 3.8) is 0 Å². The van der Waals surface area contributed by atoms with E-state index in [0.717, 1.165) is 10.3 Å². The molecule has 0 radical (unpaired) electrons. The standard InChI is InChI=1S/C10H8O3S/c1-5-7-3-2-6(14)4-8(7)13-9(5)10(11)12/h2-4,14H,1H3,(H,11,12). The molecule has 1 heterocycles. The SMILES string of the molecule is Cc1c(C(=O)O)oc2cc(S)ccc12. The van der Waals surface area contributed by atoms with Gasteiger partial charge in [-0.25, -0.2) is 4.79 Å². The van der Waals surface area contributed by atoms with Crippen LogP contribution in [-0.4, -0.2) is 11.1 Å². The molecule has 14 heavy (non-hydrogen) atoms. The molecule has 0 saturated carbocycles. The molecule has 0 fully saturated rings. The number of aryl methyl sites for hydroxylation is 1. The molecule has 2 rings (SSSR count). The number of thiol groups is 1. The van der Waals surface area contributed by atoms with E-state index in [0.29, 0.717) is 11.1 Å². The van der Waals surface area contributed by atoms with Crippen LogP contribution in [0.15, 0.2) is 27.5 Å². The van der Waals surface area contributed by atoms with Crippen molar-refractivity contribution in [1.29, 1.82) is 0 Å². The first-order chi connectivity index (χ1) is 6.59. The van der Waals surface area contributed by atoms with Gasteiger partial charge in [-0.1, -0.05) is 0 Å². The van der Waals surface area contributed by atoms with Crippen molar-refractivity contribution in [1.82, 2.24) is 0 Å². The van der Waals surface area contributed by atoms with Gasteiger partial charge in [0.15, 0.2) is 0 Å². The number of carboxylic acids is 1. The highest BCUT2D eigenvalue weighted by Gasteiger charge is 2.15.